The van der Waals surface area contributed by atoms with E-state index in [2.05, 4.69) is 29.6 Å². The summed E-state index contributed by atoms with van der Waals surface area (Å²) in [6.07, 6.45) is 0.515. The molecule has 0 unspecified atom stereocenters. The maximum absolute atomic E-state index is 14.0. The maximum atomic E-state index is 14.0. The number of hydrogen-bond acceptors (Lipinski definition) is 3. The second kappa shape index (κ2) is 11.6. The number of anilines is 1. The lowest BCUT2D eigenvalue weighted by atomic mass is 10.0. The summed E-state index contributed by atoms with van der Waals surface area (Å²) >= 11 is 6.05. The summed E-state index contributed by atoms with van der Waals surface area (Å²) < 4.78 is 1.73. The standard InChI is InChI=1S/C35H26ClN3O2/c36-29-13-7-12-28(21-29)34(40)37-30-18-19-32-31(22-30)35(41)39(33(38-32)20-24-8-3-1-4-9-24)23-25-14-16-27(17-15-25)26-10-5-2-6-11-26/h1-19,21-22H,20,23H2,(H,37,40). The van der Waals surface area contributed by atoms with Crippen LogP contribution in [0.15, 0.2) is 132 Å². The average Bonchev–Trinajstić information content (AvgIpc) is 3.01. The number of benzene rings is 5. The Kier molecular flexibility index (Phi) is 7.44. The number of aromatic nitrogens is 2. The van der Waals surface area contributed by atoms with Gasteiger partial charge in [-0.3, -0.25) is 14.2 Å². The van der Waals surface area contributed by atoms with Crippen molar-refractivity contribution in [1.29, 1.82) is 0 Å². The van der Waals surface area contributed by atoms with Crippen molar-refractivity contribution in [2.45, 2.75) is 13.0 Å². The molecule has 6 rings (SSSR count). The third-order valence-electron chi connectivity index (χ3n) is 6.98. The molecular formula is C35H26ClN3O2. The first kappa shape index (κ1) is 26.2. The zero-order valence-electron chi connectivity index (χ0n) is 22.1. The first-order chi connectivity index (χ1) is 20.0. The van der Waals surface area contributed by atoms with Gasteiger partial charge in [-0.05, 0) is 58.7 Å². The zero-order chi connectivity index (χ0) is 28.2. The van der Waals surface area contributed by atoms with Crippen molar-refractivity contribution in [1.82, 2.24) is 9.55 Å². The minimum absolute atomic E-state index is 0.160. The van der Waals surface area contributed by atoms with Gasteiger partial charge in [-0.15, -0.1) is 0 Å². The van der Waals surface area contributed by atoms with Gasteiger partial charge in [-0.1, -0.05) is 103 Å². The summed E-state index contributed by atoms with van der Waals surface area (Å²) in [4.78, 5) is 31.7. The Morgan fingerprint density at radius 2 is 1.44 bits per heavy atom. The van der Waals surface area contributed by atoms with Gasteiger partial charge in [0.2, 0.25) is 0 Å². The Morgan fingerprint density at radius 3 is 2.17 bits per heavy atom. The lowest BCUT2D eigenvalue weighted by molar-refractivity contribution is 0.102. The summed E-state index contributed by atoms with van der Waals surface area (Å²) in [5.74, 6) is 0.371. The summed E-state index contributed by atoms with van der Waals surface area (Å²) in [5.41, 5.74) is 5.68. The number of hydrogen-bond donors (Lipinski definition) is 1. The molecule has 0 aliphatic carbocycles. The number of carbonyl (C=O) groups excluding carboxylic acids is 1. The minimum Gasteiger partial charge on any atom is -0.322 e. The molecule has 0 fully saturated rings. The van der Waals surface area contributed by atoms with Gasteiger partial charge in [0, 0.05) is 22.7 Å². The Balaban J connectivity index is 1.37. The van der Waals surface area contributed by atoms with E-state index in [1.54, 1.807) is 47.0 Å². The smallest absolute Gasteiger partial charge is 0.261 e. The molecule has 0 bridgehead atoms. The number of nitrogens with one attached hydrogen (secondary N) is 1. The minimum atomic E-state index is -0.306. The third-order valence-corrected chi connectivity index (χ3v) is 7.22. The molecule has 1 amide bonds. The predicted molar refractivity (Wildman–Crippen MR) is 166 cm³/mol. The fourth-order valence-electron chi connectivity index (χ4n) is 4.87. The highest BCUT2D eigenvalue weighted by molar-refractivity contribution is 6.31. The number of nitrogens with zero attached hydrogens (tertiary/aromatic N) is 2. The van der Waals surface area contributed by atoms with Crippen LogP contribution in [-0.4, -0.2) is 15.5 Å². The largest absolute Gasteiger partial charge is 0.322 e. The first-order valence-electron chi connectivity index (χ1n) is 13.3. The molecular weight excluding hydrogens is 530 g/mol. The number of halogens is 1. The van der Waals surface area contributed by atoms with Gasteiger partial charge in [0.25, 0.3) is 11.5 Å². The van der Waals surface area contributed by atoms with Gasteiger partial charge >= 0.3 is 0 Å². The Bertz CT molecular complexity index is 1900. The molecule has 0 radical (unpaired) electrons. The Labute approximate surface area is 242 Å². The van der Waals surface area contributed by atoms with Crippen LogP contribution in [0.25, 0.3) is 22.0 Å². The average molecular weight is 556 g/mol. The highest BCUT2D eigenvalue weighted by Crippen LogP contribution is 2.22. The van der Waals surface area contributed by atoms with Gasteiger partial charge in [0.15, 0.2) is 0 Å². The highest BCUT2D eigenvalue weighted by atomic mass is 35.5. The lowest BCUT2D eigenvalue weighted by Gasteiger charge is -2.15. The van der Waals surface area contributed by atoms with E-state index in [4.69, 9.17) is 16.6 Å². The molecule has 0 atom stereocenters. The quantitative estimate of drug-likeness (QED) is 0.220. The van der Waals surface area contributed by atoms with Crippen molar-refractivity contribution in [3.8, 4) is 11.1 Å². The van der Waals surface area contributed by atoms with E-state index in [-0.39, 0.29) is 11.5 Å². The van der Waals surface area contributed by atoms with E-state index >= 15 is 0 Å². The van der Waals surface area contributed by atoms with E-state index in [0.29, 0.717) is 46.0 Å². The second-order valence-corrected chi connectivity index (χ2v) is 10.3. The number of carbonyl (C=O) groups is 1. The van der Waals surface area contributed by atoms with Gasteiger partial charge in [-0.25, -0.2) is 4.98 Å². The van der Waals surface area contributed by atoms with Crippen LogP contribution in [0.3, 0.4) is 0 Å². The van der Waals surface area contributed by atoms with Gasteiger partial charge in [0.05, 0.1) is 17.4 Å². The summed E-state index contributed by atoms with van der Waals surface area (Å²) in [6.45, 7) is 0.373. The zero-order valence-corrected chi connectivity index (χ0v) is 22.9. The van der Waals surface area contributed by atoms with E-state index in [9.17, 15) is 9.59 Å². The van der Waals surface area contributed by atoms with Crippen LogP contribution in [0.1, 0.15) is 27.3 Å². The summed E-state index contributed by atoms with van der Waals surface area (Å²) in [5, 5.41) is 3.79. The summed E-state index contributed by atoms with van der Waals surface area (Å²) in [6, 6.07) is 40.4. The van der Waals surface area contributed by atoms with E-state index < -0.39 is 0 Å². The molecule has 1 N–H and O–H groups in total. The van der Waals surface area contributed by atoms with E-state index in [1.807, 2.05) is 60.7 Å². The SMILES string of the molecule is O=C(Nc1ccc2nc(Cc3ccccc3)n(Cc3ccc(-c4ccccc4)cc3)c(=O)c2c1)c1cccc(Cl)c1. The molecule has 1 heterocycles. The van der Waals surface area contributed by atoms with Crippen molar-refractivity contribution >= 4 is 34.1 Å². The molecule has 6 aromatic rings. The topological polar surface area (TPSA) is 64.0 Å². The van der Waals surface area contributed by atoms with Gasteiger partial charge in [0.1, 0.15) is 5.82 Å². The Morgan fingerprint density at radius 1 is 0.732 bits per heavy atom. The highest BCUT2D eigenvalue weighted by Gasteiger charge is 2.15. The Hall–Kier alpha value is -5.00. The maximum Gasteiger partial charge on any atom is 0.261 e. The normalized spacial score (nSPS) is 11.0. The van der Waals surface area contributed by atoms with E-state index in [1.165, 1.54) is 0 Å². The molecule has 200 valence electrons. The van der Waals surface area contributed by atoms with Crippen LogP contribution >= 0.6 is 11.6 Å². The fraction of sp³-hybridized carbons (Fsp3) is 0.0571. The van der Waals surface area contributed by atoms with E-state index in [0.717, 1.165) is 22.3 Å². The molecule has 6 heteroatoms. The van der Waals surface area contributed by atoms with Crippen LogP contribution < -0.4 is 10.9 Å². The van der Waals surface area contributed by atoms with Crippen molar-refractivity contribution < 1.29 is 4.79 Å². The molecule has 5 nitrogen and oxygen atoms in total. The van der Waals surface area contributed by atoms with Crippen molar-refractivity contribution in [3.05, 3.63) is 165 Å². The molecule has 0 saturated carbocycles. The summed E-state index contributed by atoms with van der Waals surface area (Å²) in [7, 11) is 0. The molecule has 0 spiro atoms. The van der Waals surface area contributed by atoms with Gasteiger partial charge < -0.3 is 5.32 Å². The molecule has 41 heavy (non-hydrogen) atoms. The fourth-order valence-corrected chi connectivity index (χ4v) is 5.06. The molecule has 0 saturated heterocycles. The van der Waals surface area contributed by atoms with Crippen LogP contribution in [0.5, 0.6) is 0 Å². The molecule has 0 aliphatic heterocycles. The molecule has 5 aromatic carbocycles. The van der Waals surface area contributed by atoms with Crippen LogP contribution in [0.4, 0.5) is 5.69 Å². The van der Waals surface area contributed by atoms with Crippen LogP contribution in [0.2, 0.25) is 5.02 Å². The predicted octanol–water partition coefficient (Wildman–Crippen LogP) is 7.61. The van der Waals surface area contributed by atoms with Crippen LogP contribution in [-0.2, 0) is 13.0 Å². The molecule has 0 aliphatic rings. The third kappa shape index (κ3) is 5.96. The van der Waals surface area contributed by atoms with Crippen molar-refractivity contribution in [3.63, 3.8) is 0 Å². The van der Waals surface area contributed by atoms with Crippen molar-refractivity contribution in [2.75, 3.05) is 5.32 Å². The van der Waals surface area contributed by atoms with Gasteiger partial charge in [-0.2, -0.15) is 0 Å². The second-order valence-electron chi connectivity index (χ2n) is 9.84. The van der Waals surface area contributed by atoms with Crippen molar-refractivity contribution in [2.24, 2.45) is 0 Å². The van der Waals surface area contributed by atoms with Crippen LogP contribution in [0, 0.1) is 0 Å². The lowest BCUT2D eigenvalue weighted by Crippen LogP contribution is -2.26. The first-order valence-corrected chi connectivity index (χ1v) is 13.7. The molecule has 1 aromatic heterocycles. The monoisotopic (exact) mass is 555 g/mol. The number of rotatable bonds is 7. The number of fused-ring (bicyclic) bond motifs is 1. The number of amides is 1.